The Hall–Kier alpha value is -1.92. The number of nitrogens with one attached hydrogen (secondary N) is 1. The summed E-state index contributed by atoms with van der Waals surface area (Å²) in [6, 6.07) is 4.83. The first-order valence-corrected chi connectivity index (χ1v) is 4.97. The van der Waals surface area contributed by atoms with Gasteiger partial charge in [0.25, 0.3) is 0 Å². The van der Waals surface area contributed by atoms with Crippen molar-refractivity contribution in [2.24, 2.45) is 11.6 Å². The maximum Gasteiger partial charge on any atom is 0.357 e. The number of nitrogens with two attached hydrogens (primary N) is 2. The smallest absolute Gasteiger partial charge is 0.357 e. The van der Waals surface area contributed by atoms with Crippen molar-refractivity contribution in [3.05, 3.63) is 40.4 Å². The van der Waals surface area contributed by atoms with E-state index in [1.807, 2.05) is 0 Å². The van der Waals surface area contributed by atoms with E-state index >= 15 is 0 Å². The average molecular weight is 258 g/mol. The van der Waals surface area contributed by atoms with Gasteiger partial charge in [0.05, 0.1) is 0 Å². The Balaban J connectivity index is 3.00. The molecule has 0 bridgehead atoms. The van der Waals surface area contributed by atoms with E-state index in [9.17, 15) is 4.79 Å². The van der Waals surface area contributed by atoms with Gasteiger partial charge in [-0.25, -0.2) is 10.6 Å². The van der Waals surface area contributed by atoms with Crippen molar-refractivity contribution in [1.29, 1.82) is 0 Å². The second kappa shape index (κ2) is 5.42. The van der Waals surface area contributed by atoms with E-state index in [1.165, 1.54) is 0 Å². The first kappa shape index (κ1) is 13.1. The number of carbonyl (C=O) groups is 1. The summed E-state index contributed by atoms with van der Waals surface area (Å²) in [5.74, 6) is 3.94. The van der Waals surface area contributed by atoms with Crippen molar-refractivity contribution in [1.82, 2.24) is 5.43 Å². The van der Waals surface area contributed by atoms with Gasteiger partial charge < -0.3 is 15.6 Å². The summed E-state index contributed by atoms with van der Waals surface area (Å²) >= 11 is 5.84. The summed E-state index contributed by atoms with van der Waals surface area (Å²) in [6.45, 7) is 1.79. The van der Waals surface area contributed by atoms with Gasteiger partial charge in [0.1, 0.15) is 5.75 Å². The van der Waals surface area contributed by atoms with Crippen LogP contribution in [0.15, 0.2) is 29.8 Å². The Morgan fingerprint density at radius 1 is 1.53 bits per heavy atom. The van der Waals surface area contributed by atoms with Gasteiger partial charge in [-0.1, -0.05) is 11.6 Å². The van der Waals surface area contributed by atoms with Gasteiger partial charge in [0.15, 0.2) is 5.70 Å². The normalized spacial score (nSPS) is 11.7. The number of hydrogen-bond donors (Lipinski definition) is 4. The number of rotatable bonds is 4. The molecule has 0 fully saturated rings. The Kier molecular flexibility index (Phi) is 4.19. The van der Waals surface area contributed by atoms with E-state index in [1.54, 1.807) is 25.1 Å². The molecule has 6 nitrogen and oxygen atoms in total. The maximum atomic E-state index is 10.6. The lowest BCUT2D eigenvalue weighted by Crippen LogP contribution is -2.31. The predicted octanol–water partition coefficient (Wildman–Crippen LogP) is 0.703. The standard InChI is InChI=1S/C10H12ClN3O3/c1-5-4-6(2-3-7(5)11)17-9(14-13)8(12)10(15)16/h2-4,14H,12-13H2,1H3,(H,15,16)/b9-8+. The van der Waals surface area contributed by atoms with E-state index in [0.717, 1.165) is 5.56 Å². The molecule has 0 spiro atoms. The zero-order chi connectivity index (χ0) is 13.0. The molecule has 0 unspecified atom stereocenters. The molecule has 0 aromatic heterocycles. The molecule has 1 rings (SSSR count). The molecule has 1 aromatic rings. The number of halogens is 1. The number of aryl methyl sites for hydroxylation is 1. The van der Waals surface area contributed by atoms with Crippen LogP contribution in [0.3, 0.4) is 0 Å². The fraction of sp³-hybridized carbons (Fsp3) is 0.100. The minimum absolute atomic E-state index is 0.237. The van der Waals surface area contributed by atoms with Gasteiger partial charge in [0, 0.05) is 5.02 Å². The molecule has 0 aliphatic rings. The summed E-state index contributed by atoms with van der Waals surface area (Å²) in [6.07, 6.45) is 0. The minimum Gasteiger partial charge on any atom is -0.476 e. The lowest BCUT2D eigenvalue weighted by molar-refractivity contribution is -0.132. The molecular formula is C10H12ClN3O3. The van der Waals surface area contributed by atoms with E-state index in [0.29, 0.717) is 10.8 Å². The molecule has 92 valence electrons. The quantitative estimate of drug-likeness (QED) is 0.274. The highest BCUT2D eigenvalue weighted by molar-refractivity contribution is 6.31. The molecule has 7 heteroatoms. The van der Waals surface area contributed by atoms with Gasteiger partial charge in [0.2, 0.25) is 5.88 Å². The highest BCUT2D eigenvalue weighted by Gasteiger charge is 2.12. The van der Waals surface area contributed by atoms with Gasteiger partial charge in [-0.3, -0.25) is 5.43 Å². The minimum atomic E-state index is -1.33. The summed E-state index contributed by atoms with van der Waals surface area (Å²) < 4.78 is 5.20. The Bertz CT molecular complexity index is 474. The molecule has 0 atom stereocenters. The van der Waals surface area contributed by atoms with Gasteiger partial charge >= 0.3 is 5.97 Å². The molecule has 0 saturated carbocycles. The molecular weight excluding hydrogens is 246 g/mol. The lowest BCUT2D eigenvalue weighted by Gasteiger charge is -2.11. The van der Waals surface area contributed by atoms with Crippen LogP contribution in [-0.4, -0.2) is 11.1 Å². The van der Waals surface area contributed by atoms with E-state index in [2.05, 4.69) is 5.43 Å². The summed E-state index contributed by atoms with van der Waals surface area (Å²) in [7, 11) is 0. The highest BCUT2D eigenvalue weighted by atomic mass is 35.5. The van der Waals surface area contributed by atoms with Crippen molar-refractivity contribution < 1.29 is 14.6 Å². The lowest BCUT2D eigenvalue weighted by atomic mass is 10.2. The monoisotopic (exact) mass is 257 g/mol. The van der Waals surface area contributed by atoms with Crippen molar-refractivity contribution in [2.75, 3.05) is 0 Å². The molecule has 6 N–H and O–H groups in total. The first-order valence-electron chi connectivity index (χ1n) is 4.59. The third kappa shape index (κ3) is 3.27. The van der Waals surface area contributed by atoms with Crippen molar-refractivity contribution in [3.63, 3.8) is 0 Å². The fourth-order valence-electron chi connectivity index (χ4n) is 1.06. The Labute approximate surface area is 103 Å². The number of carboxylic acid groups (broad SMARTS) is 1. The van der Waals surface area contributed by atoms with E-state index < -0.39 is 11.7 Å². The van der Waals surface area contributed by atoms with E-state index in [4.69, 9.17) is 33.0 Å². The molecule has 0 aliphatic heterocycles. The topological polar surface area (TPSA) is 111 Å². The van der Waals surface area contributed by atoms with Crippen LogP contribution in [0.1, 0.15) is 5.56 Å². The largest absolute Gasteiger partial charge is 0.476 e. The van der Waals surface area contributed by atoms with Crippen molar-refractivity contribution in [2.45, 2.75) is 6.92 Å². The molecule has 0 saturated heterocycles. The van der Waals surface area contributed by atoms with Crippen molar-refractivity contribution in [3.8, 4) is 5.75 Å². The molecule has 0 amide bonds. The Morgan fingerprint density at radius 2 is 2.18 bits per heavy atom. The second-order valence-electron chi connectivity index (χ2n) is 3.21. The van der Waals surface area contributed by atoms with Gasteiger partial charge in [-0.2, -0.15) is 0 Å². The van der Waals surface area contributed by atoms with Crippen LogP contribution < -0.4 is 21.7 Å². The van der Waals surface area contributed by atoms with Crippen LogP contribution in [0.25, 0.3) is 0 Å². The summed E-state index contributed by atoms with van der Waals surface area (Å²) in [5, 5.41) is 9.26. The molecule has 1 aromatic carbocycles. The van der Waals surface area contributed by atoms with Gasteiger partial charge in [-0.15, -0.1) is 0 Å². The third-order valence-electron chi connectivity index (χ3n) is 1.96. The molecule has 0 aliphatic carbocycles. The number of hydrazine groups is 1. The number of hydrogen-bond acceptors (Lipinski definition) is 5. The van der Waals surface area contributed by atoms with Crippen LogP contribution in [0.5, 0.6) is 5.75 Å². The third-order valence-corrected chi connectivity index (χ3v) is 2.38. The first-order chi connectivity index (χ1) is 7.95. The number of aliphatic carboxylic acids is 1. The van der Waals surface area contributed by atoms with Crippen molar-refractivity contribution >= 4 is 17.6 Å². The van der Waals surface area contributed by atoms with Crippen LogP contribution in [-0.2, 0) is 4.79 Å². The SMILES string of the molecule is Cc1cc(O/C(NN)=C(/N)C(=O)O)ccc1Cl. The summed E-state index contributed by atoms with van der Waals surface area (Å²) in [5.41, 5.74) is 7.63. The number of ether oxygens (including phenoxy) is 1. The fourth-order valence-corrected chi connectivity index (χ4v) is 1.18. The molecule has 0 heterocycles. The molecule has 0 radical (unpaired) electrons. The van der Waals surface area contributed by atoms with Crippen LogP contribution in [0.2, 0.25) is 5.02 Å². The van der Waals surface area contributed by atoms with Crippen LogP contribution in [0, 0.1) is 6.92 Å². The molecule has 17 heavy (non-hydrogen) atoms. The zero-order valence-corrected chi connectivity index (χ0v) is 9.78. The van der Waals surface area contributed by atoms with Gasteiger partial charge in [-0.05, 0) is 30.7 Å². The summed E-state index contributed by atoms with van der Waals surface area (Å²) in [4.78, 5) is 10.6. The van der Waals surface area contributed by atoms with Crippen LogP contribution in [0.4, 0.5) is 0 Å². The predicted molar refractivity (Wildman–Crippen MR) is 63.0 cm³/mol. The maximum absolute atomic E-state index is 10.6. The highest BCUT2D eigenvalue weighted by Crippen LogP contribution is 2.22. The second-order valence-corrected chi connectivity index (χ2v) is 3.61. The van der Waals surface area contributed by atoms with E-state index in [-0.39, 0.29) is 5.88 Å². The van der Waals surface area contributed by atoms with Crippen LogP contribution >= 0.6 is 11.6 Å². The number of carboxylic acids is 1. The number of benzene rings is 1. The average Bonchev–Trinajstić information content (AvgIpc) is 2.29. The zero-order valence-electron chi connectivity index (χ0n) is 9.03. The Morgan fingerprint density at radius 3 is 2.65 bits per heavy atom.